The van der Waals surface area contributed by atoms with Crippen LogP contribution in [-0.2, 0) is 11.3 Å². The van der Waals surface area contributed by atoms with E-state index in [9.17, 15) is 4.79 Å². The Morgan fingerprint density at radius 2 is 2.33 bits per heavy atom. The van der Waals surface area contributed by atoms with Crippen molar-refractivity contribution < 1.29 is 4.79 Å². The van der Waals surface area contributed by atoms with E-state index in [1.807, 2.05) is 24.3 Å². The molecule has 0 saturated heterocycles. The van der Waals surface area contributed by atoms with Gasteiger partial charge in [-0.2, -0.15) is 0 Å². The predicted octanol–water partition coefficient (Wildman–Crippen LogP) is 1.50. The van der Waals surface area contributed by atoms with Crippen LogP contribution in [0.4, 0.5) is 0 Å². The summed E-state index contributed by atoms with van der Waals surface area (Å²) in [7, 11) is 0. The van der Waals surface area contributed by atoms with Gasteiger partial charge in [0, 0.05) is 5.56 Å². The summed E-state index contributed by atoms with van der Waals surface area (Å²) in [6, 6.07) is 7.35. The molecule has 0 heterocycles. The number of carbonyl (C=O) groups excluding carboxylic acids is 1. The van der Waals surface area contributed by atoms with Gasteiger partial charge in [0.25, 0.3) is 0 Å². The van der Waals surface area contributed by atoms with E-state index in [0.717, 1.165) is 11.1 Å². The Hall–Kier alpha value is -1.84. The largest absolute Gasteiger partial charge is 0.235 e. The lowest BCUT2D eigenvalue weighted by atomic mass is 10.1. The molecule has 0 saturated carbocycles. The van der Waals surface area contributed by atoms with Crippen molar-refractivity contribution in [2.24, 2.45) is 4.99 Å². The van der Waals surface area contributed by atoms with E-state index in [4.69, 9.17) is 6.42 Å². The van der Waals surface area contributed by atoms with Crippen molar-refractivity contribution in [2.75, 3.05) is 0 Å². The van der Waals surface area contributed by atoms with Crippen molar-refractivity contribution in [3.63, 3.8) is 0 Å². The van der Waals surface area contributed by atoms with Gasteiger partial charge in [0.15, 0.2) is 0 Å². The molecule has 0 fully saturated rings. The van der Waals surface area contributed by atoms with Crippen LogP contribution in [0.15, 0.2) is 29.3 Å². The van der Waals surface area contributed by atoms with Gasteiger partial charge in [-0.05, 0) is 17.7 Å². The quantitative estimate of drug-likeness (QED) is 0.363. The highest BCUT2D eigenvalue weighted by Crippen LogP contribution is 2.04. The fraction of sp³-hybridized carbons (Fsp3) is 0.100. The number of terminal acetylenes is 1. The molecule has 0 aliphatic rings. The van der Waals surface area contributed by atoms with E-state index in [-0.39, 0.29) is 0 Å². The van der Waals surface area contributed by atoms with Crippen molar-refractivity contribution in [3.8, 4) is 12.3 Å². The van der Waals surface area contributed by atoms with Crippen LogP contribution in [0.25, 0.3) is 0 Å². The van der Waals surface area contributed by atoms with Crippen molar-refractivity contribution in [1.29, 1.82) is 0 Å². The van der Waals surface area contributed by atoms with E-state index in [0.29, 0.717) is 6.54 Å². The fourth-order valence-electron chi connectivity index (χ4n) is 0.883. The van der Waals surface area contributed by atoms with Gasteiger partial charge in [0.1, 0.15) is 0 Å². The average Bonchev–Trinajstić information content (AvgIpc) is 2.15. The molecule has 0 aliphatic carbocycles. The minimum Gasteiger partial charge on any atom is -0.211 e. The van der Waals surface area contributed by atoms with Crippen LogP contribution < -0.4 is 0 Å². The molecule has 0 radical (unpaired) electrons. The fourth-order valence-corrected chi connectivity index (χ4v) is 0.883. The van der Waals surface area contributed by atoms with Gasteiger partial charge < -0.3 is 0 Å². The number of isocyanates is 1. The Bertz CT molecular complexity index is 356. The van der Waals surface area contributed by atoms with Crippen LogP contribution in [-0.4, -0.2) is 6.08 Å². The third-order valence-corrected chi connectivity index (χ3v) is 1.42. The SMILES string of the molecule is C#Cc1cccc(CN=C=O)c1. The Morgan fingerprint density at radius 3 is 3.00 bits per heavy atom. The van der Waals surface area contributed by atoms with Gasteiger partial charge in [-0.25, -0.2) is 9.79 Å². The summed E-state index contributed by atoms with van der Waals surface area (Å²) in [5.74, 6) is 2.50. The molecule has 0 spiro atoms. The molecule has 1 aromatic carbocycles. The van der Waals surface area contributed by atoms with Crippen LogP contribution in [0.5, 0.6) is 0 Å². The Labute approximate surface area is 70.9 Å². The van der Waals surface area contributed by atoms with Gasteiger partial charge in [0.2, 0.25) is 6.08 Å². The lowest BCUT2D eigenvalue weighted by Gasteiger charge is -1.94. The average molecular weight is 157 g/mol. The molecule has 2 heteroatoms. The third-order valence-electron chi connectivity index (χ3n) is 1.42. The molecule has 0 aliphatic heterocycles. The van der Waals surface area contributed by atoms with Crippen LogP contribution in [0.3, 0.4) is 0 Å². The summed E-state index contributed by atoms with van der Waals surface area (Å²) in [5, 5.41) is 0. The molecule has 0 N–H and O–H groups in total. The summed E-state index contributed by atoms with van der Waals surface area (Å²) >= 11 is 0. The molecule has 1 aromatic rings. The second-order valence-electron chi connectivity index (χ2n) is 2.25. The van der Waals surface area contributed by atoms with Gasteiger partial charge >= 0.3 is 0 Å². The normalized spacial score (nSPS) is 8.25. The van der Waals surface area contributed by atoms with E-state index in [2.05, 4.69) is 10.9 Å². The Morgan fingerprint density at radius 1 is 1.50 bits per heavy atom. The summed E-state index contributed by atoms with van der Waals surface area (Å²) in [6.07, 6.45) is 6.67. The summed E-state index contributed by atoms with van der Waals surface area (Å²) in [4.78, 5) is 13.2. The summed E-state index contributed by atoms with van der Waals surface area (Å²) < 4.78 is 0. The highest BCUT2D eigenvalue weighted by Gasteiger charge is 1.91. The first-order valence-electron chi connectivity index (χ1n) is 3.46. The molecule has 12 heavy (non-hydrogen) atoms. The van der Waals surface area contributed by atoms with Crippen LogP contribution >= 0.6 is 0 Å². The highest BCUT2D eigenvalue weighted by molar-refractivity contribution is 5.37. The van der Waals surface area contributed by atoms with Crippen LogP contribution in [0.1, 0.15) is 11.1 Å². The second kappa shape index (κ2) is 4.12. The second-order valence-corrected chi connectivity index (χ2v) is 2.25. The smallest absolute Gasteiger partial charge is 0.211 e. The van der Waals surface area contributed by atoms with Crippen LogP contribution in [0, 0.1) is 12.3 Å². The van der Waals surface area contributed by atoms with Crippen LogP contribution in [0.2, 0.25) is 0 Å². The minimum atomic E-state index is 0.346. The van der Waals surface area contributed by atoms with E-state index < -0.39 is 0 Å². The standard InChI is InChI=1S/C10H7NO/c1-2-9-4-3-5-10(6-9)7-11-8-12/h1,3-6H,7H2. The van der Waals surface area contributed by atoms with Crippen molar-refractivity contribution in [2.45, 2.75) is 6.54 Å². The van der Waals surface area contributed by atoms with E-state index >= 15 is 0 Å². The first kappa shape index (κ1) is 8.26. The van der Waals surface area contributed by atoms with Crippen molar-refractivity contribution in [3.05, 3.63) is 35.4 Å². The van der Waals surface area contributed by atoms with Gasteiger partial charge in [-0.1, -0.05) is 18.1 Å². The summed E-state index contributed by atoms with van der Waals surface area (Å²) in [6.45, 7) is 0.346. The van der Waals surface area contributed by atoms with Crippen molar-refractivity contribution >= 4 is 6.08 Å². The molecule has 0 atom stereocenters. The Kier molecular flexibility index (Phi) is 2.84. The number of nitrogens with zero attached hydrogens (tertiary/aromatic N) is 1. The molecular weight excluding hydrogens is 150 g/mol. The zero-order chi connectivity index (χ0) is 8.81. The Balaban J connectivity index is 2.88. The van der Waals surface area contributed by atoms with E-state index in [1.54, 1.807) is 0 Å². The molecule has 0 amide bonds. The molecule has 1 rings (SSSR count). The molecule has 58 valence electrons. The molecular formula is C10H7NO. The van der Waals surface area contributed by atoms with Gasteiger partial charge in [-0.15, -0.1) is 6.42 Å². The maximum absolute atomic E-state index is 9.80. The number of hydrogen-bond acceptors (Lipinski definition) is 2. The zero-order valence-electron chi connectivity index (χ0n) is 6.45. The number of rotatable bonds is 2. The van der Waals surface area contributed by atoms with E-state index in [1.165, 1.54) is 6.08 Å². The first-order chi connectivity index (χ1) is 5.86. The zero-order valence-corrected chi connectivity index (χ0v) is 6.45. The topological polar surface area (TPSA) is 29.4 Å². The molecule has 2 nitrogen and oxygen atoms in total. The molecule has 0 unspecified atom stereocenters. The maximum atomic E-state index is 9.80. The van der Waals surface area contributed by atoms with Crippen molar-refractivity contribution in [1.82, 2.24) is 0 Å². The predicted molar refractivity (Wildman–Crippen MR) is 46.2 cm³/mol. The lowest BCUT2D eigenvalue weighted by molar-refractivity contribution is 0.563. The number of hydrogen-bond donors (Lipinski definition) is 0. The minimum absolute atomic E-state index is 0.346. The number of aliphatic imine (C=N–C) groups is 1. The van der Waals surface area contributed by atoms with Gasteiger partial charge in [-0.3, -0.25) is 0 Å². The summed E-state index contributed by atoms with van der Waals surface area (Å²) in [5.41, 5.74) is 1.72. The third kappa shape index (κ3) is 2.09. The first-order valence-corrected chi connectivity index (χ1v) is 3.46. The number of benzene rings is 1. The monoisotopic (exact) mass is 157 g/mol. The molecule has 0 aromatic heterocycles. The maximum Gasteiger partial charge on any atom is 0.235 e. The molecule has 0 bridgehead atoms. The van der Waals surface area contributed by atoms with Gasteiger partial charge in [0.05, 0.1) is 6.54 Å². The lowest BCUT2D eigenvalue weighted by Crippen LogP contribution is -1.82. The highest BCUT2D eigenvalue weighted by atomic mass is 16.1.